The summed E-state index contributed by atoms with van der Waals surface area (Å²) in [6.07, 6.45) is 1.12. The zero-order valence-corrected chi connectivity index (χ0v) is 11.5. The first-order valence-corrected chi connectivity index (χ1v) is 6.44. The molecule has 0 aliphatic rings. The number of non-ortho nitro benzene ring substituents is 1. The average Bonchev–Trinajstić information content (AvgIpc) is 2.47. The summed E-state index contributed by atoms with van der Waals surface area (Å²) in [5, 5.41) is 24.4. The Morgan fingerprint density at radius 3 is 2.33 bits per heavy atom. The minimum absolute atomic E-state index is 0.0487. The second-order valence-electron chi connectivity index (χ2n) is 3.74. The summed E-state index contributed by atoms with van der Waals surface area (Å²) in [7, 11) is 1.60. The van der Waals surface area contributed by atoms with Crippen LogP contribution >= 0.6 is 11.8 Å². The van der Waals surface area contributed by atoms with Gasteiger partial charge in [0.1, 0.15) is 6.20 Å². The molecule has 0 saturated heterocycles. The molecule has 9 nitrogen and oxygen atoms in total. The number of aromatic nitrogens is 2. The summed E-state index contributed by atoms with van der Waals surface area (Å²) in [5.41, 5.74) is -0.273. The maximum absolute atomic E-state index is 11.0. The molecule has 0 saturated carbocycles. The monoisotopic (exact) mass is 307 g/mol. The molecule has 0 unspecified atom stereocenters. The molecule has 0 bridgehead atoms. The fourth-order valence-electron chi connectivity index (χ4n) is 1.43. The highest BCUT2D eigenvalue weighted by molar-refractivity contribution is 7.99. The maximum Gasteiger partial charge on any atom is 0.320 e. The van der Waals surface area contributed by atoms with Gasteiger partial charge < -0.3 is 5.32 Å². The molecule has 0 aliphatic heterocycles. The molecule has 108 valence electrons. The van der Waals surface area contributed by atoms with Crippen LogP contribution in [-0.2, 0) is 0 Å². The first kappa shape index (κ1) is 14.7. The lowest BCUT2D eigenvalue weighted by Gasteiger charge is -2.04. The molecule has 0 spiro atoms. The van der Waals surface area contributed by atoms with Crippen LogP contribution in [0.3, 0.4) is 0 Å². The largest absolute Gasteiger partial charge is 0.357 e. The van der Waals surface area contributed by atoms with E-state index in [1.165, 1.54) is 24.3 Å². The molecular weight excluding hydrogens is 298 g/mol. The molecule has 2 aromatic rings. The van der Waals surface area contributed by atoms with E-state index in [-0.39, 0.29) is 22.3 Å². The number of nitro benzene ring substituents is 1. The number of hydrogen-bond acceptors (Lipinski definition) is 8. The van der Waals surface area contributed by atoms with Crippen LogP contribution < -0.4 is 5.32 Å². The number of benzene rings is 1. The summed E-state index contributed by atoms with van der Waals surface area (Å²) in [5.74, 6) is 0.255. The molecule has 1 N–H and O–H groups in total. The van der Waals surface area contributed by atoms with Gasteiger partial charge in [0.2, 0.25) is 5.95 Å². The third-order valence-corrected chi connectivity index (χ3v) is 3.42. The predicted octanol–water partition coefficient (Wildman–Crippen LogP) is 2.49. The lowest BCUT2D eigenvalue weighted by Crippen LogP contribution is -2.00. The Bertz CT molecular complexity index is 692. The Balaban J connectivity index is 2.33. The quantitative estimate of drug-likeness (QED) is 0.507. The topological polar surface area (TPSA) is 124 Å². The van der Waals surface area contributed by atoms with Gasteiger partial charge in [-0.1, -0.05) is 11.8 Å². The SMILES string of the molecule is CNc1ncc([N+](=O)[O-])c(Sc2ccc([N+](=O)[O-])cc2)n1. The van der Waals surface area contributed by atoms with Crippen LogP contribution in [0, 0.1) is 20.2 Å². The summed E-state index contributed by atoms with van der Waals surface area (Å²) >= 11 is 1.04. The first-order chi connectivity index (χ1) is 10.0. The van der Waals surface area contributed by atoms with Crippen molar-refractivity contribution in [2.45, 2.75) is 9.92 Å². The molecule has 1 aromatic carbocycles. The lowest BCUT2D eigenvalue weighted by molar-refractivity contribution is -0.388. The van der Waals surface area contributed by atoms with Gasteiger partial charge in [-0.25, -0.2) is 4.98 Å². The normalized spacial score (nSPS) is 10.1. The third kappa shape index (κ3) is 3.42. The third-order valence-electron chi connectivity index (χ3n) is 2.42. The second-order valence-corrected chi connectivity index (χ2v) is 4.81. The van der Waals surface area contributed by atoms with Gasteiger partial charge in [-0.3, -0.25) is 20.2 Å². The van der Waals surface area contributed by atoms with Crippen molar-refractivity contribution in [3.63, 3.8) is 0 Å². The number of nitrogens with one attached hydrogen (secondary N) is 1. The van der Waals surface area contributed by atoms with Crippen molar-refractivity contribution in [3.05, 3.63) is 50.7 Å². The van der Waals surface area contributed by atoms with Gasteiger partial charge in [-0.2, -0.15) is 4.98 Å². The lowest BCUT2D eigenvalue weighted by atomic mass is 10.3. The van der Waals surface area contributed by atoms with Crippen molar-refractivity contribution in [3.8, 4) is 0 Å². The number of anilines is 1. The van der Waals surface area contributed by atoms with Crippen LogP contribution in [-0.4, -0.2) is 26.9 Å². The van der Waals surface area contributed by atoms with Gasteiger partial charge in [0.25, 0.3) is 5.69 Å². The molecule has 0 aliphatic carbocycles. The van der Waals surface area contributed by atoms with Crippen LogP contribution in [0.25, 0.3) is 0 Å². The van der Waals surface area contributed by atoms with E-state index < -0.39 is 9.85 Å². The van der Waals surface area contributed by atoms with Crippen LogP contribution in [0.4, 0.5) is 17.3 Å². The summed E-state index contributed by atoms with van der Waals surface area (Å²) in [4.78, 5) is 28.9. The van der Waals surface area contributed by atoms with Crippen molar-refractivity contribution in [1.29, 1.82) is 0 Å². The van der Waals surface area contributed by atoms with Crippen molar-refractivity contribution < 1.29 is 9.85 Å². The Kier molecular flexibility index (Phi) is 4.28. The highest BCUT2D eigenvalue weighted by atomic mass is 32.2. The molecule has 2 rings (SSSR count). The highest BCUT2D eigenvalue weighted by Crippen LogP contribution is 2.33. The van der Waals surface area contributed by atoms with E-state index in [0.717, 1.165) is 18.0 Å². The number of hydrogen-bond donors (Lipinski definition) is 1. The van der Waals surface area contributed by atoms with Crippen LogP contribution in [0.2, 0.25) is 0 Å². The van der Waals surface area contributed by atoms with E-state index in [9.17, 15) is 20.2 Å². The Morgan fingerprint density at radius 2 is 1.81 bits per heavy atom. The average molecular weight is 307 g/mol. The summed E-state index contributed by atoms with van der Waals surface area (Å²) in [6, 6.07) is 5.67. The first-order valence-electron chi connectivity index (χ1n) is 5.62. The number of rotatable bonds is 5. The zero-order valence-electron chi connectivity index (χ0n) is 10.7. The smallest absolute Gasteiger partial charge is 0.320 e. The fourth-order valence-corrected chi connectivity index (χ4v) is 2.29. The maximum atomic E-state index is 11.0. The Hall–Kier alpha value is -2.75. The van der Waals surface area contributed by atoms with Gasteiger partial charge >= 0.3 is 5.69 Å². The van der Waals surface area contributed by atoms with Crippen LogP contribution in [0.15, 0.2) is 40.4 Å². The van der Waals surface area contributed by atoms with Crippen molar-refractivity contribution in [2.24, 2.45) is 0 Å². The van der Waals surface area contributed by atoms with E-state index in [4.69, 9.17) is 0 Å². The fraction of sp³-hybridized carbons (Fsp3) is 0.0909. The van der Waals surface area contributed by atoms with Crippen molar-refractivity contribution in [2.75, 3.05) is 12.4 Å². The molecule has 21 heavy (non-hydrogen) atoms. The minimum atomic E-state index is -0.576. The number of nitro groups is 2. The van der Waals surface area contributed by atoms with Gasteiger partial charge in [0.05, 0.1) is 9.85 Å². The molecule has 0 radical (unpaired) electrons. The van der Waals surface area contributed by atoms with E-state index in [1.807, 2.05) is 0 Å². The molecule has 1 aromatic heterocycles. The van der Waals surface area contributed by atoms with Crippen LogP contribution in [0.5, 0.6) is 0 Å². The Labute approximate surface area is 122 Å². The molecule has 0 fully saturated rings. The summed E-state index contributed by atoms with van der Waals surface area (Å²) < 4.78 is 0. The summed E-state index contributed by atoms with van der Waals surface area (Å²) in [6.45, 7) is 0. The predicted molar refractivity (Wildman–Crippen MR) is 75.5 cm³/mol. The molecule has 1 heterocycles. The van der Waals surface area contributed by atoms with E-state index in [2.05, 4.69) is 15.3 Å². The van der Waals surface area contributed by atoms with Gasteiger partial charge in [0, 0.05) is 24.1 Å². The second kappa shape index (κ2) is 6.13. The standard InChI is InChI=1S/C11H9N5O4S/c1-12-11-13-6-9(16(19)20)10(14-11)21-8-4-2-7(3-5-8)15(17)18/h2-6H,1H3,(H,12,13,14). The van der Waals surface area contributed by atoms with E-state index in [0.29, 0.717) is 4.90 Å². The zero-order chi connectivity index (χ0) is 15.4. The van der Waals surface area contributed by atoms with Crippen molar-refractivity contribution in [1.82, 2.24) is 9.97 Å². The molecule has 0 atom stereocenters. The van der Waals surface area contributed by atoms with Crippen molar-refractivity contribution >= 4 is 29.1 Å². The number of nitrogens with zero attached hydrogens (tertiary/aromatic N) is 4. The van der Waals surface area contributed by atoms with Gasteiger partial charge in [-0.15, -0.1) is 0 Å². The van der Waals surface area contributed by atoms with Gasteiger partial charge in [0.15, 0.2) is 5.03 Å². The minimum Gasteiger partial charge on any atom is -0.357 e. The molecule has 0 amide bonds. The molecule has 10 heteroatoms. The Morgan fingerprint density at radius 1 is 1.14 bits per heavy atom. The van der Waals surface area contributed by atoms with Crippen LogP contribution in [0.1, 0.15) is 0 Å². The van der Waals surface area contributed by atoms with E-state index in [1.54, 1.807) is 7.05 Å². The van der Waals surface area contributed by atoms with Gasteiger partial charge in [-0.05, 0) is 12.1 Å². The molecular formula is C11H9N5O4S. The highest BCUT2D eigenvalue weighted by Gasteiger charge is 2.18. The van der Waals surface area contributed by atoms with E-state index >= 15 is 0 Å².